The molecule has 0 unspecified atom stereocenters. The number of rotatable bonds is 6. The summed E-state index contributed by atoms with van der Waals surface area (Å²) >= 11 is 0. The molecule has 6 heteroatoms. The Balaban J connectivity index is 3.32. The van der Waals surface area contributed by atoms with E-state index in [-0.39, 0.29) is 17.0 Å². The maximum Gasteiger partial charge on any atom is 0.241 e. The Morgan fingerprint density at radius 1 is 1.30 bits per heavy atom. The highest BCUT2D eigenvalue weighted by Gasteiger charge is 2.29. The van der Waals surface area contributed by atoms with Crippen LogP contribution in [0.3, 0.4) is 0 Å². The molecule has 0 fully saturated rings. The second-order valence-electron chi connectivity index (χ2n) is 5.28. The van der Waals surface area contributed by atoms with Crippen molar-refractivity contribution in [2.45, 2.75) is 57.5 Å². The van der Waals surface area contributed by atoms with Crippen LogP contribution in [0.1, 0.15) is 44.7 Å². The molecule has 0 atom stereocenters. The van der Waals surface area contributed by atoms with Crippen LogP contribution in [0.5, 0.6) is 0 Å². The van der Waals surface area contributed by atoms with E-state index in [9.17, 15) is 12.8 Å². The number of halogens is 1. The zero-order valence-electron chi connectivity index (χ0n) is 12.5. The summed E-state index contributed by atoms with van der Waals surface area (Å²) < 4.78 is 41.5. The lowest BCUT2D eigenvalue weighted by atomic mass is 9.98. The largest absolute Gasteiger partial charge is 0.326 e. The van der Waals surface area contributed by atoms with Crippen LogP contribution >= 0.6 is 0 Å². The van der Waals surface area contributed by atoms with Crippen LogP contribution in [0.4, 0.5) is 4.39 Å². The summed E-state index contributed by atoms with van der Waals surface area (Å²) in [5.74, 6) is -0.553. The molecule has 1 rings (SSSR count). The molecule has 0 aliphatic heterocycles. The van der Waals surface area contributed by atoms with Gasteiger partial charge in [-0.25, -0.2) is 17.5 Å². The maximum atomic E-state index is 13.8. The summed E-state index contributed by atoms with van der Waals surface area (Å²) in [6.07, 6.45) is 1.31. The first-order chi connectivity index (χ1) is 9.19. The normalized spacial score (nSPS) is 12.7. The Hall–Kier alpha value is -0.980. The van der Waals surface area contributed by atoms with Crippen molar-refractivity contribution in [3.8, 4) is 0 Å². The molecule has 0 heterocycles. The van der Waals surface area contributed by atoms with Crippen molar-refractivity contribution >= 4 is 10.0 Å². The fourth-order valence-corrected chi connectivity index (χ4v) is 3.73. The summed E-state index contributed by atoms with van der Waals surface area (Å²) in [6, 6.07) is 2.71. The summed E-state index contributed by atoms with van der Waals surface area (Å²) in [4.78, 5) is -0.0360. The summed E-state index contributed by atoms with van der Waals surface area (Å²) in [5, 5.41) is 0. The van der Waals surface area contributed by atoms with Gasteiger partial charge in [-0.2, -0.15) is 0 Å². The quantitative estimate of drug-likeness (QED) is 0.848. The van der Waals surface area contributed by atoms with Crippen molar-refractivity contribution in [3.05, 3.63) is 29.1 Å². The average Bonchev–Trinajstić information content (AvgIpc) is 2.40. The van der Waals surface area contributed by atoms with E-state index in [1.165, 1.54) is 19.1 Å². The van der Waals surface area contributed by atoms with E-state index >= 15 is 0 Å². The molecule has 0 spiro atoms. The molecule has 0 saturated heterocycles. The van der Waals surface area contributed by atoms with Gasteiger partial charge in [0.15, 0.2) is 0 Å². The number of hydrogen-bond donors (Lipinski definition) is 2. The fourth-order valence-electron chi connectivity index (χ4n) is 1.88. The first kappa shape index (κ1) is 17.1. The van der Waals surface area contributed by atoms with Gasteiger partial charge in [-0.1, -0.05) is 13.8 Å². The number of benzene rings is 1. The molecule has 0 bridgehead atoms. The molecule has 0 aromatic heterocycles. The predicted molar refractivity (Wildman–Crippen MR) is 78.3 cm³/mol. The van der Waals surface area contributed by atoms with Crippen LogP contribution in [0, 0.1) is 12.7 Å². The second kappa shape index (κ2) is 6.20. The van der Waals surface area contributed by atoms with E-state index in [2.05, 4.69) is 4.72 Å². The van der Waals surface area contributed by atoms with Gasteiger partial charge >= 0.3 is 0 Å². The molecular formula is C14H23FN2O2S. The Kier molecular flexibility index (Phi) is 5.29. The summed E-state index contributed by atoms with van der Waals surface area (Å²) in [6.45, 7) is 7.21. The fraction of sp³-hybridized carbons (Fsp3) is 0.571. The van der Waals surface area contributed by atoms with Gasteiger partial charge in [0.25, 0.3) is 0 Å². The molecule has 20 heavy (non-hydrogen) atoms. The van der Waals surface area contributed by atoms with Crippen LogP contribution in [-0.2, 0) is 16.6 Å². The zero-order valence-corrected chi connectivity index (χ0v) is 13.3. The van der Waals surface area contributed by atoms with E-state index in [4.69, 9.17) is 5.73 Å². The number of nitrogens with one attached hydrogen (secondary N) is 1. The van der Waals surface area contributed by atoms with Crippen LogP contribution in [0.15, 0.2) is 17.0 Å². The maximum absolute atomic E-state index is 13.8. The highest BCUT2D eigenvalue weighted by Crippen LogP contribution is 2.24. The van der Waals surface area contributed by atoms with Gasteiger partial charge in [0.2, 0.25) is 10.0 Å². The monoisotopic (exact) mass is 302 g/mol. The Bertz CT molecular complexity index is 581. The highest BCUT2D eigenvalue weighted by molar-refractivity contribution is 7.89. The topological polar surface area (TPSA) is 72.2 Å². The van der Waals surface area contributed by atoms with Gasteiger partial charge in [0, 0.05) is 17.6 Å². The minimum absolute atomic E-state index is 0.0360. The minimum Gasteiger partial charge on any atom is -0.326 e. The Labute approximate surface area is 120 Å². The van der Waals surface area contributed by atoms with Crippen LogP contribution in [-0.4, -0.2) is 14.0 Å². The average molecular weight is 302 g/mol. The van der Waals surface area contributed by atoms with Crippen molar-refractivity contribution in [2.75, 3.05) is 0 Å². The third-order valence-electron chi connectivity index (χ3n) is 3.82. The van der Waals surface area contributed by atoms with Gasteiger partial charge in [0.05, 0.1) is 4.90 Å². The molecule has 1 aromatic carbocycles. The predicted octanol–water partition coefficient (Wildman–Crippen LogP) is 2.45. The lowest BCUT2D eigenvalue weighted by molar-refractivity contribution is 0.388. The number of nitrogens with two attached hydrogens (primary N) is 1. The van der Waals surface area contributed by atoms with Gasteiger partial charge in [-0.05, 0) is 44.4 Å². The zero-order chi connectivity index (χ0) is 15.6. The van der Waals surface area contributed by atoms with Gasteiger partial charge in [0.1, 0.15) is 5.82 Å². The highest BCUT2D eigenvalue weighted by atomic mass is 32.2. The van der Waals surface area contributed by atoms with E-state index < -0.39 is 21.4 Å². The standard InChI is InChI=1S/C14H23FN2O2S/c1-5-14(4,6-2)17-20(18,19)13-8-11(9-16)7-12(15)10(13)3/h7-8,17H,5-6,9,16H2,1-4H3. The van der Waals surface area contributed by atoms with Crippen LogP contribution < -0.4 is 10.5 Å². The summed E-state index contributed by atoms with van der Waals surface area (Å²) in [5.41, 5.74) is 5.51. The third-order valence-corrected chi connectivity index (χ3v) is 5.59. The second-order valence-corrected chi connectivity index (χ2v) is 6.93. The van der Waals surface area contributed by atoms with Crippen LogP contribution in [0.25, 0.3) is 0 Å². The first-order valence-corrected chi connectivity index (χ1v) is 8.20. The molecule has 0 aliphatic rings. The molecule has 114 valence electrons. The molecule has 4 nitrogen and oxygen atoms in total. The van der Waals surface area contributed by atoms with Crippen molar-refractivity contribution < 1.29 is 12.8 Å². The van der Waals surface area contributed by atoms with E-state index in [1.54, 1.807) is 0 Å². The molecule has 1 aromatic rings. The Morgan fingerprint density at radius 2 is 1.85 bits per heavy atom. The molecule has 0 aliphatic carbocycles. The lowest BCUT2D eigenvalue weighted by Gasteiger charge is -2.28. The molecular weight excluding hydrogens is 279 g/mol. The van der Waals surface area contributed by atoms with Crippen molar-refractivity contribution in [3.63, 3.8) is 0 Å². The van der Waals surface area contributed by atoms with Crippen molar-refractivity contribution in [1.82, 2.24) is 4.72 Å². The lowest BCUT2D eigenvalue weighted by Crippen LogP contribution is -2.45. The van der Waals surface area contributed by atoms with Gasteiger partial charge in [-0.15, -0.1) is 0 Å². The van der Waals surface area contributed by atoms with Gasteiger partial charge in [-0.3, -0.25) is 0 Å². The van der Waals surface area contributed by atoms with E-state index in [0.29, 0.717) is 18.4 Å². The van der Waals surface area contributed by atoms with Crippen molar-refractivity contribution in [2.24, 2.45) is 5.73 Å². The van der Waals surface area contributed by atoms with Crippen molar-refractivity contribution in [1.29, 1.82) is 0 Å². The Morgan fingerprint density at radius 3 is 2.30 bits per heavy atom. The molecule has 0 radical (unpaired) electrons. The van der Waals surface area contributed by atoms with Gasteiger partial charge < -0.3 is 5.73 Å². The first-order valence-electron chi connectivity index (χ1n) is 6.72. The minimum atomic E-state index is -3.77. The molecule has 0 amide bonds. The SMILES string of the molecule is CCC(C)(CC)NS(=O)(=O)c1cc(CN)cc(F)c1C. The number of sulfonamides is 1. The van der Waals surface area contributed by atoms with E-state index in [0.717, 1.165) is 0 Å². The number of hydrogen-bond acceptors (Lipinski definition) is 3. The third kappa shape index (κ3) is 3.56. The smallest absolute Gasteiger partial charge is 0.241 e. The molecule has 0 saturated carbocycles. The van der Waals surface area contributed by atoms with Crippen LogP contribution in [0.2, 0.25) is 0 Å². The summed E-state index contributed by atoms with van der Waals surface area (Å²) in [7, 11) is -3.77. The molecule has 3 N–H and O–H groups in total. The van der Waals surface area contributed by atoms with E-state index in [1.807, 2.05) is 20.8 Å².